The van der Waals surface area contributed by atoms with E-state index in [2.05, 4.69) is 22.2 Å². The summed E-state index contributed by atoms with van der Waals surface area (Å²) >= 11 is 0. The van der Waals surface area contributed by atoms with E-state index >= 15 is 0 Å². The Morgan fingerprint density at radius 3 is 2.68 bits per heavy atom. The molecule has 1 aromatic carbocycles. The summed E-state index contributed by atoms with van der Waals surface area (Å²) in [5.41, 5.74) is 4.14. The van der Waals surface area contributed by atoms with Crippen LogP contribution in [-0.2, 0) is 13.2 Å². The fourth-order valence-electron chi connectivity index (χ4n) is 2.87. The summed E-state index contributed by atoms with van der Waals surface area (Å²) in [6.07, 6.45) is 1.81. The topological polar surface area (TPSA) is 50.8 Å². The minimum absolute atomic E-state index is 0.245. The first kappa shape index (κ1) is 16.7. The second-order valence-electron chi connectivity index (χ2n) is 5.85. The van der Waals surface area contributed by atoms with Crippen molar-refractivity contribution in [2.24, 2.45) is 0 Å². The van der Waals surface area contributed by atoms with Crippen LogP contribution < -0.4 is 4.74 Å². The van der Waals surface area contributed by atoms with Crippen LogP contribution in [0.5, 0.6) is 5.88 Å². The van der Waals surface area contributed by atoms with Gasteiger partial charge in [0.05, 0.1) is 0 Å². The third-order valence-corrected chi connectivity index (χ3v) is 4.30. The lowest BCUT2D eigenvalue weighted by atomic mass is 10.1. The van der Waals surface area contributed by atoms with E-state index in [1.165, 1.54) is 12.1 Å². The third kappa shape index (κ3) is 3.11. The van der Waals surface area contributed by atoms with E-state index in [1.54, 1.807) is 18.2 Å². The van der Waals surface area contributed by atoms with Crippen LogP contribution >= 0.6 is 0 Å². The molecule has 0 N–H and O–H groups in total. The highest BCUT2D eigenvalue weighted by Crippen LogP contribution is 2.32. The summed E-state index contributed by atoms with van der Waals surface area (Å²) in [5.74, 6) is 0.110. The summed E-state index contributed by atoms with van der Waals surface area (Å²) in [6, 6.07) is 9.98. The SMILES string of the molecule is C=CCn1c(C)c(C)c2cc(C#N)nc(OCc3ccc(F)cc3)c21. The lowest BCUT2D eigenvalue weighted by Gasteiger charge is -2.11. The second kappa shape index (κ2) is 6.78. The maximum absolute atomic E-state index is 13.0. The molecule has 5 heteroatoms. The van der Waals surface area contributed by atoms with Gasteiger partial charge in [-0.25, -0.2) is 9.37 Å². The summed E-state index contributed by atoms with van der Waals surface area (Å²) in [7, 11) is 0. The number of rotatable bonds is 5. The molecule has 0 unspecified atom stereocenters. The Hall–Kier alpha value is -3.13. The Kier molecular flexibility index (Phi) is 4.53. The minimum Gasteiger partial charge on any atom is -0.471 e. The molecule has 4 nitrogen and oxygen atoms in total. The van der Waals surface area contributed by atoms with Crippen molar-refractivity contribution in [2.75, 3.05) is 0 Å². The fourth-order valence-corrected chi connectivity index (χ4v) is 2.87. The molecule has 3 aromatic rings. The molecule has 0 atom stereocenters. The molecule has 25 heavy (non-hydrogen) atoms. The van der Waals surface area contributed by atoms with E-state index in [1.807, 2.05) is 19.9 Å². The molecule has 0 saturated heterocycles. The van der Waals surface area contributed by atoms with Gasteiger partial charge in [-0.05, 0) is 43.2 Å². The zero-order chi connectivity index (χ0) is 18.0. The standard InChI is InChI=1S/C20H18FN3O/c1-4-9-24-14(3)13(2)18-10-17(11-22)23-20(19(18)24)25-12-15-5-7-16(21)8-6-15/h4-8,10H,1,9,12H2,2-3H3. The van der Waals surface area contributed by atoms with E-state index < -0.39 is 0 Å². The molecule has 0 aliphatic rings. The van der Waals surface area contributed by atoms with Crippen molar-refractivity contribution >= 4 is 10.9 Å². The van der Waals surface area contributed by atoms with Crippen LogP contribution in [0.4, 0.5) is 4.39 Å². The number of halogens is 1. The highest BCUT2D eigenvalue weighted by Gasteiger charge is 2.17. The molecule has 126 valence electrons. The number of hydrogen-bond donors (Lipinski definition) is 0. The Morgan fingerprint density at radius 2 is 2.04 bits per heavy atom. The predicted octanol–water partition coefficient (Wildman–Crippen LogP) is 4.43. The van der Waals surface area contributed by atoms with E-state index in [4.69, 9.17) is 4.74 Å². The summed E-state index contributed by atoms with van der Waals surface area (Å²) in [6.45, 7) is 8.71. The molecule has 0 amide bonds. The molecule has 0 aliphatic heterocycles. The molecule has 0 radical (unpaired) electrons. The van der Waals surface area contributed by atoms with Crippen molar-refractivity contribution in [1.29, 1.82) is 5.26 Å². The van der Waals surface area contributed by atoms with Gasteiger partial charge in [0.1, 0.15) is 29.7 Å². The molecule has 2 aromatic heterocycles. The van der Waals surface area contributed by atoms with Gasteiger partial charge in [0, 0.05) is 17.6 Å². The van der Waals surface area contributed by atoms with Crippen LogP contribution in [0.3, 0.4) is 0 Å². The number of nitriles is 1. The van der Waals surface area contributed by atoms with Gasteiger partial charge in [0.15, 0.2) is 0 Å². The first-order valence-corrected chi connectivity index (χ1v) is 7.93. The lowest BCUT2D eigenvalue weighted by molar-refractivity contribution is 0.296. The Labute approximate surface area is 145 Å². The summed E-state index contributed by atoms with van der Waals surface area (Å²) < 4.78 is 21.0. The largest absolute Gasteiger partial charge is 0.471 e. The van der Waals surface area contributed by atoms with Gasteiger partial charge >= 0.3 is 0 Å². The monoisotopic (exact) mass is 335 g/mol. The van der Waals surface area contributed by atoms with Crippen molar-refractivity contribution in [3.05, 3.63) is 71.3 Å². The average Bonchev–Trinajstić information content (AvgIpc) is 2.86. The Morgan fingerprint density at radius 1 is 1.32 bits per heavy atom. The summed E-state index contributed by atoms with van der Waals surface area (Å²) in [4.78, 5) is 4.34. The number of allylic oxidation sites excluding steroid dienone is 1. The second-order valence-corrected chi connectivity index (χ2v) is 5.85. The highest BCUT2D eigenvalue weighted by molar-refractivity contribution is 5.89. The zero-order valence-corrected chi connectivity index (χ0v) is 14.2. The minimum atomic E-state index is -0.290. The molecular weight excluding hydrogens is 317 g/mol. The number of nitrogens with zero attached hydrogens (tertiary/aromatic N) is 3. The van der Waals surface area contributed by atoms with Crippen molar-refractivity contribution in [3.63, 3.8) is 0 Å². The smallest absolute Gasteiger partial charge is 0.240 e. The number of fused-ring (bicyclic) bond motifs is 1. The zero-order valence-electron chi connectivity index (χ0n) is 14.2. The first-order valence-electron chi connectivity index (χ1n) is 7.93. The van der Waals surface area contributed by atoms with E-state index in [9.17, 15) is 9.65 Å². The number of aryl methyl sites for hydroxylation is 1. The van der Waals surface area contributed by atoms with Crippen LogP contribution in [0.15, 0.2) is 43.0 Å². The third-order valence-electron chi connectivity index (χ3n) is 4.30. The molecule has 3 rings (SSSR count). The molecule has 0 spiro atoms. The lowest BCUT2D eigenvalue weighted by Crippen LogP contribution is -2.03. The maximum atomic E-state index is 13.0. The van der Waals surface area contributed by atoms with Gasteiger partial charge in [0.25, 0.3) is 0 Å². The molecule has 2 heterocycles. The van der Waals surface area contributed by atoms with Crippen molar-refractivity contribution in [3.8, 4) is 11.9 Å². The quantitative estimate of drug-likeness (QED) is 0.648. The normalized spacial score (nSPS) is 10.6. The number of aromatic nitrogens is 2. The van der Waals surface area contributed by atoms with Gasteiger partial charge in [-0.1, -0.05) is 18.2 Å². The fraction of sp³-hybridized carbons (Fsp3) is 0.200. The van der Waals surface area contributed by atoms with Crippen LogP contribution in [-0.4, -0.2) is 9.55 Å². The maximum Gasteiger partial charge on any atom is 0.240 e. The highest BCUT2D eigenvalue weighted by atomic mass is 19.1. The Bertz CT molecular complexity index is 981. The van der Waals surface area contributed by atoms with Crippen LogP contribution in [0.25, 0.3) is 10.9 Å². The molecule has 0 aliphatic carbocycles. The van der Waals surface area contributed by atoms with Crippen LogP contribution in [0.2, 0.25) is 0 Å². The summed E-state index contributed by atoms with van der Waals surface area (Å²) in [5, 5.41) is 10.2. The van der Waals surface area contributed by atoms with Crippen molar-refractivity contribution < 1.29 is 9.13 Å². The molecule has 0 saturated carbocycles. The first-order chi connectivity index (χ1) is 12.0. The van der Waals surface area contributed by atoms with E-state index in [0.717, 1.165) is 27.7 Å². The van der Waals surface area contributed by atoms with Crippen LogP contribution in [0.1, 0.15) is 22.5 Å². The van der Waals surface area contributed by atoms with Crippen LogP contribution in [0, 0.1) is 31.0 Å². The molecule has 0 fully saturated rings. The average molecular weight is 335 g/mol. The van der Waals surface area contributed by atoms with E-state index in [0.29, 0.717) is 18.1 Å². The predicted molar refractivity (Wildman–Crippen MR) is 94.9 cm³/mol. The van der Waals surface area contributed by atoms with Crippen molar-refractivity contribution in [2.45, 2.75) is 27.0 Å². The Balaban J connectivity index is 2.08. The van der Waals surface area contributed by atoms with Gasteiger partial charge in [-0.2, -0.15) is 5.26 Å². The molecule has 0 bridgehead atoms. The van der Waals surface area contributed by atoms with Gasteiger partial charge in [0.2, 0.25) is 5.88 Å². The number of hydrogen-bond acceptors (Lipinski definition) is 3. The van der Waals surface area contributed by atoms with Gasteiger partial charge < -0.3 is 9.30 Å². The van der Waals surface area contributed by atoms with E-state index in [-0.39, 0.29) is 12.4 Å². The van der Waals surface area contributed by atoms with Crippen molar-refractivity contribution in [1.82, 2.24) is 9.55 Å². The van der Waals surface area contributed by atoms with Gasteiger partial charge in [-0.15, -0.1) is 6.58 Å². The molecular formula is C20H18FN3O. The van der Waals surface area contributed by atoms with Gasteiger partial charge in [-0.3, -0.25) is 0 Å². The number of ether oxygens (including phenoxy) is 1. The number of benzene rings is 1. The number of pyridine rings is 1.